The molecule has 2 nitrogen and oxygen atoms in total. The van der Waals surface area contributed by atoms with E-state index in [0.29, 0.717) is 11.0 Å². The van der Waals surface area contributed by atoms with Crippen molar-refractivity contribution < 1.29 is 0 Å². The summed E-state index contributed by atoms with van der Waals surface area (Å²) in [6.45, 7) is 15.1. The second kappa shape index (κ2) is 7.79. The van der Waals surface area contributed by atoms with Crippen molar-refractivity contribution in [2.45, 2.75) is 85.1 Å². The van der Waals surface area contributed by atoms with Crippen molar-refractivity contribution in [2.75, 3.05) is 19.6 Å². The van der Waals surface area contributed by atoms with Crippen LogP contribution in [0.15, 0.2) is 0 Å². The van der Waals surface area contributed by atoms with Gasteiger partial charge in [0.15, 0.2) is 0 Å². The molecule has 2 heteroatoms. The Morgan fingerprint density at radius 2 is 1.55 bits per heavy atom. The monoisotopic (exact) mass is 282 g/mol. The van der Waals surface area contributed by atoms with Crippen LogP contribution in [0, 0.1) is 11.3 Å². The van der Waals surface area contributed by atoms with Gasteiger partial charge < -0.3 is 5.73 Å². The Kier molecular flexibility index (Phi) is 7.00. The van der Waals surface area contributed by atoms with Crippen LogP contribution in [-0.2, 0) is 0 Å². The molecule has 2 N–H and O–H groups in total. The molecule has 1 aliphatic rings. The molecule has 0 atom stereocenters. The molecule has 0 heterocycles. The zero-order chi connectivity index (χ0) is 15.2. The normalized spacial score (nSPS) is 28.1. The molecule has 0 aliphatic heterocycles. The maximum Gasteiger partial charge on any atom is 0.0331 e. The van der Waals surface area contributed by atoms with E-state index in [1.807, 2.05) is 0 Å². The second-order valence-electron chi connectivity index (χ2n) is 7.53. The lowest BCUT2D eigenvalue weighted by atomic mass is 9.65. The zero-order valence-electron chi connectivity index (χ0n) is 14.7. The first kappa shape index (κ1) is 18.0. The Hall–Kier alpha value is -0.0800. The maximum atomic E-state index is 6.25. The van der Waals surface area contributed by atoms with Crippen LogP contribution in [0.25, 0.3) is 0 Å². The topological polar surface area (TPSA) is 29.3 Å². The van der Waals surface area contributed by atoms with Gasteiger partial charge in [-0.1, -0.05) is 41.0 Å². The van der Waals surface area contributed by atoms with Crippen LogP contribution in [0.5, 0.6) is 0 Å². The van der Waals surface area contributed by atoms with Crippen LogP contribution in [0.2, 0.25) is 0 Å². The van der Waals surface area contributed by atoms with Crippen molar-refractivity contribution in [1.29, 1.82) is 0 Å². The second-order valence-corrected chi connectivity index (χ2v) is 7.53. The van der Waals surface area contributed by atoms with Crippen molar-refractivity contribution in [2.24, 2.45) is 17.1 Å². The minimum atomic E-state index is 0.298. The average molecular weight is 283 g/mol. The minimum Gasteiger partial charge on any atom is -0.329 e. The molecule has 0 aromatic carbocycles. The summed E-state index contributed by atoms with van der Waals surface area (Å²) in [5.74, 6) is 0.886. The van der Waals surface area contributed by atoms with E-state index in [4.69, 9.17) is 5.73 Å². The Balaban J connectivity index is 2.73. The highest BCUT2D eigenvalue weighted by Gasteiger charge is 2.41. The number of rotatable bonds is 8. The lowest BCUT2D eigenvalue weighted by Crippen LogP contribution is -2.56. The summed E-state index contributed by atoms with van der Waals surface area (Å²) >= 11 is 0. The molecule has 120 valence electrons. The van der Waals surface area contributed by atoms with Crippen molar-refractivity contribution in [3.05, 3.63) is 0 Å². The van der Waals surface area contributed by atoms with Gasteiger partial charge in [-0.3, -0.25) is 4.90 Å². The molecule has 1 aliphatic carbocycles. The first-order chi connectivity index (χ1) is 9.45. The van der Waals surface area contributed by atoms with Gasteiger partial charge in [-0.05, 0) is 62.9 Å². The molecule has 0 saturated heterocycles. The maximum absolute atomic E-state index is 6.25. The fourth-order valence-electron chi connectivity index (χ4n) is 4.00. The quantitative estimate of drug-likeness (QED) is 0.713. The minimum absolute atomic E-state index is 0.298. The molecule has 20 heavy (non-hydrogen) atoms. The first-order valence-corrected chi connectivity index (χ1v) is 8.91. The van der Waals surface area contributed by atoms with Gasteiger partial charge in [-0.25, -0.2) is 0 Å². The standard InChI is InChI=1S/C18H38N2/c1-6-13-20(14-7-2)18(15-19)11-9-16(10-12-18)17(4,5)8-3/h16H,6-15,19H2,1-5H3. The van der Waals surface area contributed by atoms with Crippen LogP contribution in [-0.4, -0.2) is 30.1 Å². The lowest BCUT2D eigenvalue weighted by Gasteiger charge is -2.50. The van der Waals surface area contributed by atoms with Crippen molar-refractivity contribution in [1.82, 2.24) is 4.90 Å². The van der Waals surface area contributed by atoms with Gasteiger partial charge >= 0.3 is 0 Å². The fourth-order valence-corrected chi connectivity index (χ4v) is 4.00. The number of nitrogens with two attached hydrogens (primary N) is 1. The van der Waals surface area contributed by atoms with E-state index in [1.165, 1.54) is 58.0 Å². The van der Waals surface area contributed by atoms with E-state index < -0.39 is 0 Å². The zero-order valence-corrected chi connectivity index (χ0v) is 14.7. The molecule has 0 spiro atoms. The van der Waals surface area contributed by atoms with Gasteiger partial charge in [0, 0.05) is 12.1 Å². The summed E-state index contributed by atoms with van der Waals surface area (Å²) < 4.78 is 0. The lowest BCUT2D eigenvalue weighted by molar-refractivity contribution is 0.0162. The van der Waals surface area contributed by atoms with Gasteiger partial charge in [0.05, 0.1) is 0 Å². The van der Waals surface area contributed by atoms with Gasteiger partial charge in [0.25, 0.3) is 0 Å². The molecule has 0 bridgehead atoms. The summed E-state index contributed by atoms with van der Waals surface area (Å²) in [6, 6.07) is 0. The van der Waals surface area contributed by atoms with E-state index in [0.717, 1.165) is 12.5 Å². The van der Waals surface area contributed by atoms with Crippen LogP contribution < -0.4 is 5.73 Å². The SMILES string of the molecule is CCCN(CCC)C1(CN)CCC(C(C)(C)CC)CC1. The molecule has 0 aromatic rings. The highest BCUT2D eigenvalue weighted by atomic mass is 15.2. The van der Waals surface area contributed by atoms with Crippen LogP contribution in [0.4, 0.5) is 0 Å². The van der Waals surface area contributed by atoms with Gasteiger partial charge in [0.2, 0.25) is 0 Å². The smallest absolute Gasteiger partial charge is 0.0331 e. The van der Waals surface area contributed by atoms with Crippen molar-refractivity contribution >= 4 is 0 Å². The van der Waals surface area contributed by atoms with E-state index in [-0.39, 0.29) is 0 Å². The highest BCUT2D eigenvalue weighted by molar-refractivity contribution is 4.98. The Bertz CT molecular complexity index is 259. The molecule has 0 unspecified atom stereocenters. The molecule has 0 amide bonds. The van der Waals surface area contributed by atoms with Crippen LogP contribution in [0.3, 0.4) is 0 Å². The number of hydrogen-bond acceptors (Lipinski definition) is 2. The number of nitrogens with zero attached hydrogens (tertiary/aromatic N) is 1. The summed E-state index contributed by atoms with van der Waals surface area (Å²) in [5, 5.41) is 0. The molecule has 1 saturated carbocycles. The van der Waals surface area contributed by atoms with E-state index >= 15 is 0 Å². The van der Waals surface area contributed by atoms with Gasteiger partial charge in [-0.2, -0.15) is 0 Å². The fraction of sp³-hybridized carbons (Fsp3) is 1.00. The highest BCUT2D eigenvalue weighted by Crippen LogP contribution is 2.45. The third kappa shape index (κ3) is 3.98. The predicted octanol–water partition coefficient (Wildman–Crippen LogP) is 4.43. The van der Waals surface area contributed by atoms with Gasteiger partial charge in [0.1, 0.15) is 0 Å². The van der Waals surface area contributed by atoms with Crippen molar-refractivity contribution in [3.8, 4) is 0 Å². The molecular formula is C18H38N2. The third-order valence-corrected chi connectivity index (χ3v) is 5.97. The molecular weight excluding hydrogens is 244 g/mol. The Labute approximate surface area is 127 Å². The molecule has 0 radical (unpaired) electrons. The largest absolute Gasteiger partial charge is 0.329 e. The number of hydrogen-bond donors (Lipinski definition) is 1. The van der Waals surface area contributed by atoms with Crippen LogP contribution in [0.1, 0.15) is 79.6 Å². The van der Waals surface area contributed by atoms with E-state index in [2.05, 4.69) is 39.5 Å². The third-order valence-electron chi connectivity index (χ3n) is 5.97. The predicted molar refractivity (Wildman–Crippen MR) is 90.0 cm³/mol. The first-order valence-electron chi connectivity index (χ1n) is 8.91. The van der Waals surface area contributed by atoms with Crippen molar-refractivity contribution in [3.63, 3.8) is 0 Å². The summed E-state index contributed by atoms with van der Waals surface area (Å²) in [7, 11) is 0. The van der Waals surface area contributed by atoms with Gasteiger partial charge in [-0.15, -0.1) is 0 Å². The summed E-state index contributed by atoms with van der Waals surface area (Å²) in [6.07, 6.45) is 9.11. The Morgan fingerprint density at radius 3 is 1.90 bits per heavy atom. The summed E-state index contributed by atoms with van der Waals surface area (Å²) in [5.41, 5.74) is 7.04. The van der Waals surface area contributed by atoms with E-state index in [1.54, 1.807) is 0 Å². The average Bonchev–Trinajstić information content (AvgIpc) is 2.47. The molecule has 1 fully saturated rings. The van der Waals surface area contributed by atoms with Crippen LogP contribution >= 0.6 is 0 Å². The molecule has 1 rings (SSSR count). The Morgan fingerprint density at radius 1 is 1.05 bits per heavy atom. The summed E-state index contributed by atoms with van der Waals surface area (Å²) in [4.78, 5) is 2.71. The van der Waals surface area contributed by atoms with E-state index in [9.17, 15) is 0 Å². The molecule has 0 aromatic heterocycles.